The van der Waals surface area contributed by atoms with Gasteiger partial charge in [-0.2, -0.15) is 0 Å². The summed E-state index contributed by atoms with van der Waals surface area (Å²) in [6.45, 7) is 2.20. The van der Waals surface area contributed by atoms with Crippen LogP contribution in [-0.4, -0.2) is 22.5 Å². The zero-order chi connectivity index (χ0) is 11.4. The molecule has 0 amide bonds. The number of rotatable bonds is 4. The molecule has 0 fully saturated rings. The minimum absolute atomic E-state index is 0.235. The van der Waals surface area contributed by atoms with E-state index in [1.54, 1.807) is 12.4 Å². The summed E-state index contributed by atoms with van der Waals surface area (Å²) >= 11 is 2.98. The van der Waals surface area contributed by atoms with E-state index < -0.39 is 0 Å². The van der Waals surface area contributed by atoms with E-state index >= 15 is 0 Å². The first-order valence-electron chi connectivity index (χ1n) is 4.78. The predicted octanol–water partition coefficient (Wildman–Crippen LogP) is 2.37. The van der Waals surface area contributed by atoms with Crippen molar-refractivity contribution in [1.82, 2.24) is 9.97 Å². The molecule has 0 spiro atoms. The van der Waals surface area contributed by atoms with Crippen molar-refractivity contribution in [3.63, 3.8) is 0 Å². The van der Waals surface area contributed by atoms with E-state index in [1.807, 2.05) is 10.8 Å². The third kappa shape index (κ3) is 2.65. The van der Waals surface area contributed by atoms with Gasteiger partial charge in [0.15, 0.2) is 0 Å². The second-order valence-electron chi connectivity index (χ2n) is 2.98. The molecule has 0 radical (unpaired) electrons. The summed E-state index contributed by atoms with van der Waals surface area (Å²) in [6.07, 6.45) is 0.239. The molecule has 0 saturated carbocycles. The third-order valence-electron chi connectivity index (χ3n) is 1.85. The van der Waals surface area contributed by atoms with Crippen LogP contribution in [0.15, 0.2) is 16.3 Å². The molecule has 0 atom stereocenters. The molecule has 0 aliphatic rings. The molecule has 84 valence electrons. The van der Waals surface area contributed by atoms with Crippen LogP contribution in [0.2, 0.25) is 0 Å². The minimum Gasteiger partial charge on any atom is -0.466 e. The molecule has 0 N–H and O–H groups in total. The number of carbonyl (C=O) groups excluding carboxylic acids is 1. The van der Waals surface area contributed by atoms with Gasteiger partial charge in [-0.25, -0.2) is 9.97 Å². The van der Waals surface area contributed by atoms with Crippen LogP contribution < -0.4 is 0 Å². The second-order valence-corrected chi connectivity index (χ2v) is 4.64. The van der Waals surface area contributed by atoms with Crippen molar-refractivity contribution >= 4 is 28.6 Å². The Morgan fingerprint density at radius 1 is 1.44 bits per heavy atom. The van der Waals surface area contributed by atoms with Crippen LogP contribution in [0, 0.1) is 0 Å². The first-order chi connectivity index (χ1) is 7.79. The van der Waals surface area contributed by atoms with Crippen molar-refractivity contribution in [3.8, 4) is 11.4 Å². The lowest BCUT2D eigenvalue weighted by Crippen LogP contribution is -2.07. The molecule has 2 heterocycles. The summed E-state index contributed by atoms with van der Waals surface area (Å²) in [5.74, 6) is -0.235. The normalized spacial score (nSPS) is 10.3. The Balaban J connectivity index is 2.06. The largest absolute Gasteiger partial charge is 0.466 e. The fraction of sp³-hybridized carbons (Fsp3) is 0.300. The van der Waals surface area contributed by atoms with Crippen LogP contribution in [-0.2, 0) is 16.0 Å². The highest BCUT2D eigenvalue weighted by Crippen LogP contribution is 2.21. The number of aromatic nitrogens is 2. The molecule has 0 aliphatic carbocycles. The number of thiazole rings is 2. The van der Waals surface area contributed by atoms with Crippen LogP contribution in [0.1, 0.15) is 11.9 Å². The number of ether oxygens (including phenoxy) is 1. The lowest BCUT2D eigenvalue weighted by molar-refractivity contribution is -0.142. The van der Waals surface area contributed by atoms with Gasteiger partial charge in [-0.05, 0) is 6.92 Å². The Morgan fingerprint density at radius 3 is 3.00 bits per heavy atom. The minimum atomic E-state index is -0.235. The maximum Gasteiger partial charge on any atom is 0.312 e. The lowest BCUT2D eigenvalue weighted by atomic mass is 10.4. The molecule has 2 rings (SSSR count). The Kier molecular flexibility index (Phi) is 3.63. The maximum atomic E-state index is 11.2. The predicted molar refractivity (Wildman–Crippen MR) is 63.6 cm³/mol. The first-order valence-corrected chi connectivity index (χ1v) is 6.60. The fourth-order valence-electron chi connectivity index (χ4n) is 1.18. The monoisotopic (exact) mass is 254 g/mol. The van der Waals surface area contributed by atoms with Crippen LogP contribution >= 0.6 is 22.7 Å². The van der Waals surface area contributed by atoms with Crippen molar-refractivity contribution < 1.29 is 9.53 Å². The smallest absolute Gasteiger partial charge is 0.312 e. The lowest BCUT2D eigenvalue weighted by Gasteiger charge is -1.97. The average molecular weight is 254 g/mol. The SMILES string of the molecule is CCOC(=O)Cc1nc(-c2cscn2)cs1. The van der Waals surface area contributed by atoms with Crippen molar-refractivity contribution in [2.24, 2.45) is 0 Å². The fourth-order valence-corrected chi connectivity index (χ4v) is 2.50. The van der Waals surface area contributed by atoms with Gasteiger partial charge >= 0.3 is 5.97 Å². The summed E-state index contributed by atoms with van der Waals surface area (Å²) in [4.78, 5) is 19.7. The van der Waals surface area contributed by atoms with Gasteiger partial charge in [0.25, 0.3) is 0 Å². The summed E-state index contributed by atoms with van der Waals surface area (Å²) in [5, 5.41) is 4.61. The number of esters is 1. The summed E-state index contributed by atoms with van der Waals surface area (Å²) < 4.78 is 4.86. The van der Waals surface area contributed by atoms with Crippen molar-refractivity contribution in [2.75, 3.05) is 6.61 Å². The molecule has 0 saturated heterocycles. The summed E-state index contributed by atoms with van der Waals surface area (Å²) in [7, 11) is 0. The van der Waals surface area contributed by atoms with E-state index in [4.69, 9.17) is 4.74 Å². The molecular weight excluding hydrogens is 244 g/mol. The van der Waals surface area contributed by atoms with E-state index in [9.17, 15) is 4.79 Å². The quantitative estimate of drug-likeness (QED) is 0.786. The Hall–Kier alpha value is -1.27. The van der Waals surface area contributed by atoms with Gasteiger partial charge < -0.3 is 4.74 Å². The van der Waals surface area contributed by atoms with Gasteiger partial charge in [0.05, 0.1) is 18.5 Å². The Morgan fingerprint density at radius 2 is 2.31 bits per heavy atom. The van der Waals surface area contributed by atoms with Gasteiger partial charge in [-0.3, -0.25) is 4.79 Å². The van der Waals surface area contributed by atoms with E-state index in [1.165, 1.54) is 22.7 Å². The van der Waals surface area contributed by atoms with Gasteiger partial charge in [-0.1, -0.05) is 0 Å². The number of carbonyl (C=O) groups is 1. The molecule has 2 aromatic heterocycles. The van der Waals surface area contributed by atoms with Gasteiger partial charge in [0.2, 0.25) is 0 Å². The molecule has 16 heavy (non-hydrogen) atoms. The molecule has 0 bridgehead atoms. The molecule has 4 nitrogen and oxygen atoms in total. The van der Waals surface area contributed by atoms with Crippen LogP contribution in [0.5, 0.6) is 0 Å². The van der Waals surface area contributed by atoms with Crippen molar-refractivity contribution in [3.05, 3.63) is 21.3 Å². The zero-order valence-electron chi connectivity index (χ0n) is 8.67. The van der Waals surface area contributed by atoms with Crippen LogP contribution in [0.3, 0.4) is 0 Å². The molecule has 2 aromatic rings. The second kappa shape index (κ2) is 5.18. The highest BCUT2D eigenvalue weighted by Gasteiger charge is 2.10. The van der Waals surface area contributed by atoms with E-state index in [2.05, 4.69) is 9.97 Å². The Bertz CT molecular complexity index is 465. The highest BCUT2D eigenvalue weighted by molar-refractivity contribution is 7.10. The van der Waals surface area contributed by atoms with Gasteiger partial charge in [0, 0.05) is 10.8 Å². The molecule has 0 unspecified atom stereocenters. The van der Waals surface area contributed by atoms with E-state index in [0.717, 1.165) is 16.4 Å². The maximum absolute atomic E-state index is 11.2. The standard InChI is InChI=1S/C10H10N2O2S2/c1-2-14-10(13)3-9-12-8(5-16-9)7-4-15-6-11-7/h4-6H,2-3H2,1H3. The summed E-state index contributed by atoms with van der Waals surface area (Å²) in [6, 6.07) is 0. The van der Waals surface area contributed by atoms with Gasteiger partial charge in [-0.15, -0.1) is 22.7 Å². The van der Waals surface area contributed by atoms with E-state index in [0.29, 0.717) is 6.61 Å². The topological polar surface area (TPSA) is 52.1 Å². The Labute approximate surface area is 101 Å². The number of hydrogen-bond acceptors (Lipinski definition) is 6. The third-order valence-corrected chi connectivity index (χ3v) is 3.28. The zero-order valence-corrected chi connectivity index (χ0v) is 10.3. The number of hydrogen-bond donors (Lipinski definition) is 0. The van der Waals surface area contributed by atoms with Crippen LogP contribution in [0.4, 0.5) is 0 Å². The van der Waals surface area contributed by atoms with Crippen LogP contribution in [0.25, 0.3) is 11.4 Å². The van der Waals surface area contributed by atoms with Gasteiger partial charge in [0.1, 0.15) is 16.4 Å². The number of nitrogens with zero attached hydrogens (tertiary/aromatic N) is 2. The molecule has 6 heteroatoms. The molecule has 0 aromatic carbocycles. The van der Waals surface area contributed by atoms with Crippen molar-refractivity contribution in [2.45, 2.75) is 13.3 Å². The van der Waals surface area contributed by atoms with E-state index in [-0.39, 0.29) is 12.4 Å². The molecule has 0 aliphatic heterocycles. The summed E-state index contributed by atoms with van der Waals surface area (Å²) in [5.41, 5.74) is 3.45. The highest BCUT2D eigenvalue weighted by atomic mass is 32.1. The van der Waals surface area contributed by atoms with Crippen molar-refractivity contribution in [1.29, 1.82) is 0 Å². The average Bonchev–Trinajstić information content (AvgIpc) is 2.86. The molecular formula is C10H10N2O2S2. The first kappa shape index (κ1) is 11.2.